The first-order chi connectivity index (χ1) is 11.8. The largest absolute Gasteiger partial charge is 0.490 e. The normalized spacial score (nSPS) is 10.4. The maximum absolute atomic E-state index is 11.9. The Balaban J connectivity index is 0.00000225. The Morgan fingerprint density at radius 3 is 2.72 bits per heavy atom. The van der Waals surface area contributed by atoms with Crippen molar-refractivity contribution in [2.45, 2.75) is 0 Å². The van der Waals surface area contributed by atoms with E-state index in [1.807, 2.05) is 42.5 Å². The van der Waals surface area contributed by atoms with Crippen molar-refractivity contribution >= 4 is 35.5 Å². The summed E-state index contributed by atoms with van der Waals surface area (Å²) in [6, 6.07) is 14.7. The number of anilines is 1. The quantitative estimate of drug-likeness (QED) is 0.403. The number of fused-ring (bicyclic) bond motifs is 1. The topological polar surface area (TPSA) is 79.4 Å². The number of hydrogen-bond acceptors (Lipinski definition) is 5. The summed E-state index contributed by atoms with van der Waals surface area (Å²) in [5.74, 6) is 0.906. The van der Waals surface area contributed by atoms with Gasteiger partial charge in [0.2, 0.25) is 5.82 Å². The zero-order chi connectivity index (χ0) is 16.8. The third-order valence-electron chi connectivity index (χ3n) is 3.23. The van der Waals surface area contributed by atoms with Gasteiger partial charge in [0.15, 0.2) is 0 Å². The Kier molecular flexibility index (Phi) is 6.31. The molecule has 0 aliphatic heterocycles. The number of aromatic nitrogens is 2. The molecule has 1 heterocycles. The van der Waals surface area contributed by atoms with Gasteiger partial charge in [0.25, 0.3) is 5.56 Å². The van der Waals surface area contributed by atoms with Crippen molar-refractivity contribution in [2.24, 2.45) is 5.10 Å². The Bertz CT molecular complexity index is 936. The SMILES string of the molecule is C=CCOc1ccc(/C=N/Nc2nc3ccccc3[nH]c2=O)cc1.Cl. The number of ether oxygens (including phenoxy) is 1. The number of rotatable bonds is 6. The number of nitrogens with one attached hydrogen (secondary N) is 2. The van der Waals surface area contributed by atoms with E-state index in [0.717, 1.165) is 11.3 Å². The molecular weight excluding hydrogens is 340 g/mol. The molecule has 2 N–H and O–H groups in total. The first-order valence-electron chi connectivity index (χ1n) is 7.38. The highest BCUT2D eigenvalue weighted by Gasteiger charge is 2.02. The van der Waals surface area contributed by atoms with Gasteiger partial charge in [-0.2, -0.15) is 5.10 Å². The maximum atomic E-state index is 11.9. The standard InChI is InChI=1S/C18H16N4O2.ClH/c1-2-11-24-14-9-7-13(8-10-14)12-19-22-17-18(23)21-16-6-4-3-5-15(16)20-17;/h2-10,12H,1,11H2,(H,20,22)(H,21,23);1H/b19-12+;. The van der Waals surface area contributed by atoms with Crippen LogP contribution in [0.4, 0.5) is 5.82 Å². The Morgan fingerprint density at radius 2 is 1.96 bits per heavy atom. The smallest absolute Gasteiger partial charge is 0.293 e. The van der Waals surface area contributed by atoms with Crippen LogP contribution < -0.4 is 15.7 Å². The number of aromatic amines is 1. The van der Waals surface area contributed by atoms with Crippen molar-refractivity contribution in [1.29, 1.82) is 0 Å². The van der Waals surface area contributed by atoms with E-state index in [-0.39, 0.29) is 23.8 Å². The highest BCUT2D eigenvalue weighted by molar-refractivity contribution is 5.85. The molecule has 0 saturated carbocycles. The minimum atomic E-state index is -0.320. The van der Waals surface area contributed by atoms with Crippen LogP contribution in [0.15, 0.2) is 71.1 Å². The van der Waals surface area contributed by atoms with Gasteiger partial charge in [-0.15, -0.1) is 12.4 Å². The van der Waals surface area contributed by atoms with Crippen LogP contribution in [0.2, 0.25) is 0 Å². The molecular formula is C18H17ClN4O2. The Morgan fingerprint density at radius 1 is 1.20 bits per heavy atom. The van der Waals surface area contributed by atoms with Gasteiger partial charge in [-0.05, 0) is 42.0 Å². The predicted octanol–water partition coefficient (Wildman–Crippen LogP) is 3.36. The van der Waals surface area contributed by atoms with Crippen LogP contribution in [-0.2, 0) is 0 Å². The van der Waals surface area contributed by atoms with Crippen LogP contribution in [0.1, 0.15) is 5.56 Å². The second kappa shape index (κ2) is 8.65. The molecule has 0 fully saturated rings. The molecule has 3 aromatic rings. The number of H-pyrrole nitrogens is 1. The molecule has 6 nitrogen and oxygen atoms in total. The number of hydrazone groups is 1. The lowest BCUT2D eigenvalue weighted by Gasteiger charge is -2.03. The molecule has 2 aromatic carbocycles. The molecule has 128 valence electrons. The molecule has 0 aliphatic carbocycles. The summed E-state index contributed by atoms with van der Waals surface area (Å²) in [5.41, 5.74) is 4.60. The number of para-hydroxylation sites is 2. The van der Waals surface area contributed by atoms with Crippen LogP contribution >= 0.6 is 12.4 Å². The highest BCUT2D eigenvalue weighted by atomic mass is 35.5. The van der Waals surface area contributed by atoms with E-state index in [2.05, 4.69) is 27.1 Å². The summed E-state index contributed by atoms with van der Waals surface area (Å²) in [6.45, 7) is 4.06. The summed E-state index contributed by atoms with van der Waals surface area (Å²) in [6.07, 6.45) is 3.29. The van der Waals surface area contributed by atoms with Crippen LogP contribution in [0.3, 0.4) is 0 Å². The van der Waals surface area contributed by atoms with E-state index in [4.69, 9.17) is 4.74 Å². The summed E-state index contributed by atoms with van der Waals surface area (Å²) >= 11 is 0. The fourth-order valence-electron chi connectivity index (χ4n) is 2.08. The molecule has 0 aliphatic rings. The van der Waals surface area contributed by atoms with Crippen molar-refractivity contribution in [3.8, 4) is 5.75 Å². The average molecular weight is 357 g/mol. The first kappa shape index (κ1) is 18.2. The van der Waals surface area contributed by atoms with Gasteiger partial charge < -0.3 is 9.72 Å². The number of benzene rings is 2. The van der Waals surface area contributed by atoms with Gasteiger partial charge in [0, 0.05) is 0 Å². The lowest BCUT2D eigenvalue weighted by molar-refractivity contribution is 0.363. The molecule has 0 amide bonds. The Hall–Kier alpha value is -3.12. The summed E-state index contributed by atoms with van der Waals surface area (Å²) in [5, 5.41) is 4.06. The van der Waals surface area contributed by atoms with Crippen LogP contribution in [0, 0.1) is 0 Å². The molecule has 1 aromatic heterocycles. The second-order valence-electron chi connectivity index (χ2n) is 4.97. The van der Waals surface area contributed by atoms with Gasteiger partial charge in [0.05, 0.1) is 17.2 Å². The van der Waals surface area contributed by atoms with Gasteiger partial charge in [0.1, 0.15) is 12.4 Å². The van der Waals surface area contributed by atoms with Gasteiger partial charge in [-0.3, -0.25) is 10.2 Å². The predicted molar refractivity (Wildman–Crippen MR) is 103 cm³/mol. The lowest BCUT2D eigenvalue weighted by atomic mass is 10.2. The zero-order valence-corrected chi connectivity index (χ0v) is 14.1. The van der Waals surface area contributed by atoms with Crippen LogP contribution in [0.5, 0.6) is 5.75 Å². The van der Waals surface area contributed by atoms with Gasteiger partial charge in [-0.1, -0.05) is 24.8 Å². The van der Waals surface area contributed by atoms with Crippen molar-refractivity contribution in [3.05, 3.63) is 77.1 Å². The number of halogens is 1. The molecule has 25 heavy (non-hydrogen) atoms. The van der Waals surface area contributed by atoms with Gasteiger partial charge in [-0.25, -0.2) is 4.98 Å². The molecule has 0 unspecified atom stereocenters. The molecule has 7 heteroatoms. The molecule has 0 spiro atoms. The van der Waals surface area contributed by atoms with E-state index in [1.165, 1.54) is 0 Å². The minimum Gasteiger partial charge on any atom is -0.490 e. The van der Waals surface area contributed by atoms with E-state index in [1.54, 1.807) is 18.4 Å². The first-order valence-corrected chi connectivity index (χ1v) is 7.38. The fraction of sp³-hybridized carbons (Fsp3) is 0.0556. The van der Waals surface area contributed by atoms with Crippen LogP contribution in [0.25, 0.3) is 11.0 Å². The van der Waals surface area contributed by atoms with Crippen molar-refractivity contribution in [1.82, 2.24) is 9.97 Å². The van der Waals surface area contributed by atoms with Crippen molar-refractivity contribution in [3.63, 3.8) is 0 Å². The number of hydrogen-bond donors (Lipinski definition) is 2. The Labute approximate surface area is 150 Å². The third kappa shape index (κ3) is 4.68. The molecule has 0 saturated heterocycles. The summed E-state index contributed by atoms with van der Waals surface area (Å²) in [7, 11) is 0. The second-order valence-corrected chi connectivity index (χ2v) is 4.97. The maximum Gasteiger partial charge on any atom is 0.293 e. The molecule has 0 bridgehead atoms. The van der Waals surface area contributed by atoms with Crippen molar-refractivity contribution in [2.75, 3.05) is 12.0 Å². The van der Waals surface area contributed by atoms with E-state index < -0.39 is 0 Å². The molecule has 0 atom stereocenters. The monoisotopic (exact) mass is 356 g/mol. The highest BCUT2D eigenvalue weighted by Crippen LogP contribution is 2.11. The van der Waals surface area contributed by atoms with Crippen LogP contribution in [-0.4, -0.2) is 22.8 Å². The lowest BCUT2D eigenvalue weighted by Crippen LogP contribution is -2.13. The minimum absolute atomic E-state index is 0. The van der Waals surface area contributed by atoms with E-state index in [0.29, 0.717) is 17.6 Å². The zero-order valence-electron chi connectivity index (χ0n) is 13.3. The van der Waals surface area contributed by atoms with E-state index in [9.17, 15) is 4.79 Å². The number of nitrogens with zero attached hydrogens (tertiary/aromatic N) is 2. The fourth-order valence-corrected chi connectivity index (χ4v) is 2.08. The summed E-state index contributed by atoms with van der Waals surface area (Å²) in [4.78, 5) is 19.0. The molecule has 3 rings (SSSR count). The average Bonchev–Trinajstić information content (AvgIpc) is 2.61. The van der Waals surface area contributed by atoms with E-state index >= 15 is 0 Å². The van der Waals surface area contributed by atoms with Crippen molar-refractivity contribution < 1.29 is 4.74 Å². The summed E-state index contributed by atoms with van der Waals surface area (Å²) < 4.78 is 5.41. The molecule has 0 radical (unpaired) electrons. The third-order valence-corrected chi connectivity index (χ3v) is 3.23. The van der Waals surface area contributed by atoms with Gasteiger partial charge >= 0.3 is 0 Å².